The molecule has 0 aliphatic heterocycles. The molecule has 0 aliphatic rings. The minimum atomic E-state index is 1.11. The maximum atomic E-state index is 2.44. The van der Waals surface area contributed by atoms with Gasteiger partial charge in [0.05, 0.1) is 11.0 Å². The highest BCUT2D eigenvalue weighted by molar-refractivity contribution is 7.25. The van der Waals surface area contributed by atoms with Crippen molar-refractivity contribution in [3.8, 4) is 27.9 Å². The van der Waals surface area contributed by atoms with Crippen LogP contribution in [0.4, 0.5) is 17.1 Å². The molecule has 0 atom stereocenters. The van der Waals surface area contributed by atoms with Crippen LogP contribution in [0.3, 0.4) is 0 Å². The van der Waals surface area contributed by atoms with Crippen molar-refractivity contribution < 1.29 is 0 Å². The Labute approximate surface area is 323 Å². The number of benzene rings is 9. The standard InChI is InChI=1S/C52H34N2S/c1-2-14-41(15-3-1)53(43-29-25-37(26-30-43)40-22-21-35-11-4-5-12-38(35)31-40)42-27-23-36(24-28-42)39-13-10-16-44(32-39)54-49-19-8-6-17-45(49)47-33-48-46-18-7-9-20-51(46)55-52(48)34-50(47)54/h1-34H. The van der Waals surface area contributed by atoms with Crippen LogP contribution in [-0.4, -0.2) is 4.57 Å². The van der Waals surface area contributed by atoms with Gasteiger partial charge in [-0.3, -0.25) is 0 Å². The van der Waals surface area contributed by atoms with Crippen LogP contribution in [0.5, 0.6) is 0 Å². The quantitative estimate of drug-likeness (QED) is 0.166. The van der Waals surface area contributed by atoms with Gasteiger partial charge >= 0.3 is 0 Å². The molecule has 0 radical (unpaired) electrons. The molecule has 0 unspecified atom stereocenters. The lowest BCUT2D eigenvalue weighted by atomic mass is 10.0. The summed E-state index contributed by atoms with van der Waals surface area (Å²) in [4.78, 5) is 2.33. The Kier molecular flexibility index (Phi) is 7.39. The maximum absolute atomic E-state index is 2.44. The summed E-state index contributed by atoms with van der Waals surface area (Å²) >= 11 is 1.87. The van der Waals surface area contributed by atoms with Crippen molar-refractivity contribution in [3.05, 3.63) is 206 Å². The van der Waals surface area contributed by atoms with E-state index in [1.54, 1.807) is 0 Å². The molecular weight excluding hydrogens is 685 g/mol. The summed E-state index contributed by atoms with van der Waals surface area (Å²) in [5, 5.41) is 7.73. The fourth-order valence-electron chi connectivity index (χ4n) is 8.29. The lowest BCUT2D eigenvalue weighted by Gasteiger charge is -2.26. The van der Waals surface area contributed by atoms with E-state index in [0.29, 0.717) is 0 Å². The van der Waals surface area contributed by atoms with Gasteiger partial charge in [-0.1, -0.05) is 127 Å². The Hall–Kier alpha value is -6.94. The first-order chi connectivity index (χ1) is 27.2. The number of nitrogens with zero attached hydrogens (tertiary/aromatic N) is 2. The van der Waals surface area contributed by atoms with Crippen LogP contribution in [0, 0.1) is 0 Å². The summed E-state index contributed by atoms with van der Waals surface area (Å²) in [6.45, 7) is 0. The van der Waals surface area contributed by atoms with Crippen LogP contribution in [0.2, 0.25) is 0 Å². The molecule has 11 rings (SSSR count). The summed E-state index contributed by atoms with van der Waals surface area (Å²) < 4.78 is 5.08. The minimum Gasteiger partial charge on any atom is -0.311 e. The minimum absolute atomic E-state index is 1.11. The van der Waals surface area contributed by atoms with E-state index in [2.05, 4.69) is 216 Å². The highest BCUT2D eigenvalue weighted by atomic mass is 32.1. The summed E-state index contributed by atoms with van der Waals surface area (Å²) in [6, 6.07) is 75.1. The number of rotatable bonds is 6. The van der Waals surface area contributed by atoms with E-state index in [0.717, 1.165) is 22.7 Å². The molecule has 2 aromatic heterocycles. The average Bonchev–Trinajstić information content (AvgIpc) is 3.78. The van der Waals surface area contributed by atoms with Gasteiger partial charge in [-0.2, -0.15) is 0 Å². The van der Waals surface area contributed by atoms with Crippen molar-refractivity contribution in [2.45, 2.75) is 0 Å². The largest absolute Gasteiger partial charge is 0.311 e. The van der Waals surface area contributed by atoms with Gasteiger partial charge in [-0.05, 0) is 112 Å². The molecule has 0 fully saturated rings. The van der Waals surface area contributed by atoms with E-state index in [1.165, 1.54) is 75.0 Å². The molecule has 11 aromatic rings. The molecule has 2 nitrogen and oxygen atoms in total. The van der Waals surface area contributed by atoms with Crippen LogP contribution in [0.25, 0.3) is 80.7 Å². The van der Waals surface area contributed by atoms with Crippen molar-refractivity contribution in [2.24, 2.45) is 0 Å². The molecule has 0 bridgehead atoms. The molecule has 3 heteroatoms. The third-order valence-corrected chi connectivity index (χ3v) is 12.1. The molecule has 0 saturated heterocycles. The zero-order valence-electron chi connectivity index (χ0n) is 29.9. The lowest BCUT2D eigenvalue weighted by Crippen LogP contribution is -2.09. The third kappa shape index (κ3) is 5.40. The number of aromatic nitrogens is 1. The normalized spacial score (nSPS) is 11.6. The van der Waals surface area contributed by atoms with Gasteiger partial charge in [-0.25, -0.2) is 0 Å². The number of para-hydroxylation sites is 2. The molecule has 0 N–H and O–H groups in total. The first kappa shape index (κ1) is 31.6. The highest BCUT2D eigenvalue weighted by Gasteiger charge is 2.17. The van der Waals surface area contributed by atoms with Gasteiger partial charge in [0.2, 0.25) is 0 Å². The Bertz CT molecular complexity index is 3190. The van der Waals surface area contributed by atoms with Crippen LogP contribution in [0.15, 0.2) is 206 Å². The number of hydrogen-bond donors (Lipinski definition) is 0. The van der Waals surface area contributed by atoms with Crippen molar-refractivity contribution in [1.29, 1.82) is 0 Å². The predicted molar refractivity (Wildman–Crippen MR) is 237 cm³/mol. The van der Waals surface area contributed by atoms with Gasteiger partial charge in [0.25, 0.3) is 0 Å². The Balaban J connectivity index is 0.964. The average molecular weight is 719 g/mol. The summed E-state index contributed by atoms with van der Waals surface area (Å²) in [7, 11) is 0. The van der Waals surface area contributed by atoms with E-state index in [4.69, 9.17) is 0 Å². The van der Waals surface area contributed by atoms with Crippen LogP contribution >= 0.6 is 11.3 Å². The second-order valence-corrected chi connectivity index (χ2v) is 15.3. The summed E-state index contributed by atoms with van der Waals surface area (Å²) in [5.41, 5.74) is 11.7. The monoisotopic (exact) mass is 718 g/mol. The molecule has 0 saturated carbocycles. The second-order valence-electron chi connectivity index (χ2n) is 14.2. The molecule has 0 aliphatic carbocycles. The number of hydrogen-bond acceptors (Lipinski definition) is 2. The molecule has 258 valence electrons. The van der Waals surface area contributed by atoms with Gasteiger partial charge in [-0.15, -0.1) is 11.3 Å². The Morgan fingerprint density at radius 2 is 0.945 bits per heavy atom. The van der Waals surface area contributed by atoms with Crippen molar-refractivity contribution in [1.82, 2.24) is 4.57 Å². The molecule has 9 aromatic carbocycles. The van der Waals surface area contributed by atoms with Gasteiger partial charge in [0.15, 0.2) is 0 Å². The van der Waals surface area contributed by atoms with E-state index in [-0.39, 0.29) is 0 Å². The highest BCUT2D eigenvalue weighted by Crippen LogP contribution is 2.42. The maximum Gasteiger partial charge on any atom is 0.0555 e. The predicted octanol–water partition coefficient (Wildman–Crippen LogP) is 15.1. The van der Waals surface area contributed by atoms with Crippen molar-refractivity contribution in [3.63, 3.8) is 0 Å². The topological polar surface area (TPSA) is 8.17 Å². The first-order valence-electron chi connectivity index (χ1n) is 18.7. The summed E-state index contributed by atoms with van der Waals surface area (Å²) in [6.07, 6.45) is 0. The third-order valence-electron chi connectivity index (χ3n) is 11.0. The van der Waals surface area contributed by atoms with E-state index < -0.39 is 0 Å². The molecule has 2 heterocycles. The number of anilines is 3. The van der Waals surface area contributed by atoms with Crippen LogP contribution in [-0.2, 0) is 0 Å². The van der Waals surface area contributed by atoms with E-state index in [9.17, 15) is 0 Å². The zero-order valence-corrected chi connectivity index (χ0v) is 30.7. The number of thiophene rings is 1. The second kappa shape index (κ2) is 12.9. The smallest absolute Gasteiger partial charge is 0.0555 e. The Morgan fingerprint density at radius 3 is 1.73 bits per heavy atom. The fraction of sp³-hybridized carbons (Fsp3) is 0. The van der Waals surface area contributed by atoms with Crippen LogP contribution < -0.4 is 4.90 Å². The summed E-state index contributed by atoms with van der Waals surface area (Å²) in [5.74, 6) is 0. The number of fused-ring (bicyclic) bond motifs is 7. The zero-order chi connectivity index (χ0) is 36.3. The van der Waals surface area contributed by atoms with E-state index >= 15 is 0 Å². The molecular formula is C52H34N2S. The van der Waals surface area contributed by atoms with Crippen molar-refractivity contribution in [2.75, 3.05) is 4.90 Å². The molecule has 0 amide bonds. The van der Waals surface area contributed by atoms with Gasteiger partial charge < -0.3 is 9.47 Å². The van der Waals surface area contributed by atoms with E-state index in [1.807, 2.05) is 11.3 Å². The molecule has 0 spiro atoms. The SMILES string of the molecule is c1ccc(N(c2ccc(-c3cccc(-n4c5ccccc5c5cc6c(cc54)sc4ccccc46)c3)cc2)c2ccc(-c3ccc4ccccc4c3)cc2)cc1. The van der Waals surface area contributed by atoms with Gasteiger partial charge in [0.1, 0.15) is 0 Å². The van der Waals surface area contributed by atoms with Crippen molar-refractivity contribution >= 4 is 81.1 Å². The first-order valence-corrected chi connectivity index (χ1v) is 19.6. The molecule has 55 heavy (non-hydrogen) atoms. The lowest BCUT2D eigenvalue weighted by molar-refractivity contribution is 1.18. The van der Waals surface area contributed by atoms with Gasteiger partial charge in [0, 0.05) is 53.7 Å². The van der Waals surface area contributed by atoms with Crippen LogP contribution in [0.1, 0.15) is 0 Å². The Morgan fingerprint density at radius 1 is 0.327 bits per heavy atom. The fourth-order valence-corrected chi connectivity index (χ4v) is 9.41.